The molecule has 2 heterocycles. The highest BCUT2D eigenvalue weighted by Gasteiger charge is 2.35. The SMILES string of the molecule is CC(C)C[C@H]1C(=O)N[C@H](C(=O)CCCOCCOCCOCC[18F])Cc2ccc(cc2)OCCC[C@@H]1C(=O)NO. The fraction of sp³-hybridized carbons (Fsp3) is 0.690. The van der Waals surface area contributed by atoms with E-state index >= 15 is 0 Å². The standard InChI is InChI=1S/C29H45FN2O8/c1-21(2)19-25-24(29(35)32-36)5-3-13-40-23-9-7-22(8-10-23)20-26(31-28(25)34)27(33)6-4-12-37-15-17-39-18-16-38-14-11-30/h7-10,21,24-26,36H,3-6,11-20H2,1-2H3,(H,31,34)(H,32,35)/t24-,25+,26-/m0/s1/i30-1. The summed E-state index contributed by atoms with van der Waals surface area (Å²) in [5, 5.41) is 12.3. The van der Waals surface area contributed by atoms with Crippen molar-refractivity contribution in [1.82, 2.24) is 10.8 Å². The van der Waals surface area contributed by atoms with Gasteiger partial charge in [-0.25, -0.2) is 9.87 Å². The predicted octanol–water partition coefficient (Wildman–Crippen LogP) is 3.04. The zero-order valence-electron chi connectivity index (χ0n) is 23.7. The summed E-state index contributed by atoms with van der Waals surface area (Å²) in [6.07, 6.45) is 2.27. The minimum Gasteiger partial charge on any atom is -0.494 e. The molecule has 226 valence electrons. The molecule has 1 aromatic rings. The second-order valence-electron chi connectivity index (χ2n) is 10.3. The number of ether oxygens (including phenoxy) is 4. The summed E-state index contributed by atoms with van der Waals surface area (Å²) < 4.78 is 33.6. The molecular weight excluding hydrogens is 522 g/mol. The van der Waals surface area contributed by atoms with Gasteiger partial charge < -0.3 is 24.3 Å². The van der Waals surface area contributed by atoms with Gasteiger partial charge in [0.25, 0.3) is 0 Å². The molecule has 0 radical (unpaired) electrons. The Balaban J connectivity index is 2.02. The van der Waals surface area contributed by atoms with Crippen molar-refractivity contribution in [1.29, 1.82) is 0 Å². The first-order valence-electron chi connectivity index (χ1n) is 14.1. The first kappa shape index (κ1) is 33.6. The number of hydrogen-bond acceptors (Lipinski definition) is 8. The molecule has 2 bridgehead atoms. The van der Waals surface area contributed by atoms with Crippen LogP contribution >= 0.6 is 0 Å². The smallest absolute Gasteiger partial charge is 0.247 e. The van der Waals surface area contributed by atoms with Crippen LogP contribution in [0.4, 0.5) is 4.39 Å². The van der Waals surface area contributed by atoms with Crippen LogP contribution in [-0.4, -0.2) is 81.8 Å². The van der Waals surface area contributed by atoms with Crippen LogP contribution in [-0.2, 0) is 35.0 Å². The highest BCUT2D eigenvalue weighted by Crippen LogP contribution is 2.27. The molecule has 0 unspecified atom stereocenters. The van der Waals surface area contributed by atoms with Crippen LogP contribution in [0.5, 0.6) is 5.75 Å². The number of benzene rings is 1. The van der Waals surface area contributed by atoms with Gasteiger partial charge in [-0.2, -0.15) is 0 Å². The van der Waals surface area contributed by atoms with Crippen molar-refractivity contribution in [2.45, 2.75) is 58.4 Å². The molecule has 0 spiro atoms. The Morgan fingerprint density at radius 2 is 1.73 bits per heavy atom. The summed E-state index contributed by atoms with van der Waals surface area (Å²) in [7, 11) is 0. The van der Waals surface area contributed by atoms with Gasteiger partial charge in [-0.15, -0.1) is 0 Å². The van der Waals surface area contributed by atoms with Crippen LogP contribution < -0.4 is 15.5 Å². The molecular formula is C29H45FN2O8. The van der Waals surface area contributed by atoms with Crippen molar-refractivity contribution < 1.29 is 42.9 Å². The zero-order chi connectivity index (χ0) is 29.2. The van der Waals surface area contributed by atoms with Gasteiger partial charge in [0.05, 0.1) is 51.6 Å². The van der Waals surface area contributed by atoms with E-state index in [0.29, 0.717) is 77.5 Å². The Bertz CT molecular complexity index is 883. The maximum absolute atomic E-state index is 13.6. The number of carbonyl (C=O) groups excluding carboxylic acids is 3. The molecule has 11 heteroatoms. The lowest BCUT2D eigenvalue weighted by Crippen LogP contribution is -2.49. The molecule has 0 aliphatic carbocycles. The maximum atomic E-state index is 13.6. The molecule has 2 aliphatic rings. The van der Waals surface area contributed by atoms with E-state index in [4.69, 9.17) is 18.9 Å². The zero-order valence-corrected chi connectivity index (χ0v) is 23.7. The van der Waals surface area contributed by atoms with Crippen molar-refractivity contribution in [3.8, 4) is 5.75 Å². The van der Waals surface area contributed by atoms with Gasteiger partial charge in [-0.05, 0) is 55.7 Å². The Hall–Kier alpha value is -2.60. The number of alkyl halides is 1. The minimum absolute atomic E-state index is 0.0615. The maximum Gasteiger partial charge on any atom is 0.247 e. The van der Waals surface area contributed by atoms with E-state index in [1.165, 1.54) is 0 Å². The molecule has 2 aliphatic heterocycles. The lowest BCUT2D eigenvalue weighted by molar-refractivity contribution is -0.142. The topological polar surface area (TPSA) is 132 Å². The number of carbonyl (C=O) groups is 3. The molecule has 1 aromatic carbocycles. The quantitative estimate of drug-likeness (QED) is 0.158. The fourth-order valence-electron chi connectivity index (χ4n) is 4.65. The van der Waals surface area contributed by atoms with E-state index in [1.807, 2.05) is 38.1 Å². The summed E-state index contributed by atoms with van der Waals surface area (Å²) in [4.78, 5) is 39.4. The first-order valence-corrected chi connectivity index (χ1v) is 14.1. The Kier molecular flexibility index (Phi) is 16.4. The van der Waals surface area contributed by atoms with E-state index in [0.717, 1.165) is 5.56 Å². The summed E-state index contributed by atoms with van der Waals surface area (Å²) in [5.74, 6) is -1.80. The van der Waals surface area contributed by atoms with Gasteiger partial charge in [-0.3, -0.25) is 19.6 Å². The molecule has 0 saturated carbocycles. The lowest BCUT2D eigenvalue weighted by atomic mass is 9.81. The van der Waals surface area contributed by atoms with E-state index in [2.05, 4.69) is 5.32 Å². The van der Waals surface area contributed by atoms with Crippen molar-refractivity contribution in [2.75, 3.05) is 52.9 Å². The number of Topliss-reactive ketones (excluding diaryl/α,β-unsaturated/α-hetero) is 1. The Labute approximate surface area is 236 Å². The molecule has 0 saturated heterocycles. The average molecular weight is 568 g/mol. The predicted molar refractivity (Wildman–Crippen MR) is 146 cm³/mol. The number of fused-ring (bicyclic) bond motifs is 11. The van der Waals surface area contributed by atoms with Gasteiger partial charge in [0, 0.05) is 18.9 Å². The lowest BCUT2D eigenvalue weighted by Gasteiger charge is -2.29. The van der Waals surface area contributed by atoms with Gasteiger partial charge >= 0.3 is 0 Å². The summed E-state index contributed by atoms with van der Waals surface area (Å²) in [5.41, 5.74) is 2.59. The third-order valence-corrected chi connectivity index (χ3v) is 6.67. The second kappa shape index (κ2) is 19.5. The van der Waals surface area contributed by atoms with E-state index < -0.39 is 30.5 Å². The van der Waals surface area contributed by atoms with Gasteiger partial charge in [0.2, 0.25) is 11.8 Å². The molecule has 0 fully saturated rings. The van der Waals surface area contributed by atoms with Gasteiger partial charge in [0.1, 0.15) is 12.4 Å². The number of halogens is 1. The number of hydrogen-bond donors (Lipinski definition) is 3. The number of amides is 2. The first-order chi connectivity index (χ1) is 19.3. The molecule has 3 N–H and O–H groups in total. The average Bonchev–Trinajstić information content (AvgIpc) is 2.94. The van der Waals surface area contributed by atoms with Crippen LogP contribution in [0, 0.1) is 17.8 Å². The number of nitrogens with one attached hydrogen (secondary N) is 2. The van der Waals surface area contributed by atoms with Crippen molar-refractivity contribution >= 4 is 17.6 Å². The van der Waals surface area contributed by atoms with Gasteiger partial charge in [-0.1, -0.05) is 26.0 Å². The number of hydroxylamine groups is 1. The summed E-state index contributed by atoms with van der Waals surface area (Å²) >= 11 is 0. The minimum atomic E-state index is -0.776. The number of ketones is 1. The monoisotopic (exact) mass is 567 g/mol. The number of rotatable bonds is 16. The third kappa shape index (κ3) is 12.7. The van der Waals surface area contributed by atoms with Crippen LogP contribution in [0.2, 0.25) is 0 Å². The Morgan fingerprint density at radius 3 is 2.35 bits per heavy atom. The van der Waals surface area contributed by atoms with Crippen molar-refractivity contribution in [3.63, 3.8) is 0 Å². The van der Waals surface area contributed by atoms with E-state index in [1.54, 1.807) is 5.48 Å². The molecule has 40 heavy (non-hydrogen) atoms. The normalized spacial score (nSPS) is 20.0. The second-order valence-corrected chi connectivity index (χ2v) is 10.3. The fourth-order valence-corrected chi connectivity index (χ4v) is 4.65. The highest BCUT2D eigenvalue weighted by molar-refractivity contribution is 5.92. The van der Waals surface area contributed by atoms with Crippen LogP contribution in [0.15, 0.2) is 24.3 Å². The summed E-state index contributed by atoms with van der Waals surface area (Å²) in [6, 6.07) is 6.64. The summed E-state index contributed by atoms with van der Waals surface area (Å²) in [6.45, 7) is 5.60. The van der Waals surface area contributed by atoms with E-state index in [-0.39, 0.29) is 30.6 Å². The van der Waals surface area contributed by atoms with Gasteiger partial charge in [0.15, 0.2) is 5.78 Å². The Morgan fingerprint density at radius 1 is 1.07 bits per heavy atom. The van der Waals surface area contributed by atoms with Crippen LogP contribution in [0.3, 0.4) is 0 Å². The van der Waals surface area contributed by atoms with E-state index in [9.17, 15) is 24.0 Å². The molecule has 10 nitrogen and oxygen atoms in total. The largest absolute Gasteiger partial charge is 0.494 e. The third-order valence-electron chi connectivity index (χ3n) is 6.67. The molecule has 3 atom stereocenters. The van der Waals surface area contributed by atoms with Crippen molar-refractivity contribution in [3.05, 3.63) is 29.8 Å². The van der Waals surface area contributed by atoms with Crippen LogP contribution in [0.25, 0.3) is 0 Å². The molecule has 2 amide bonds. The van der Waals surface area contributed by atoms with Crippen LogP contribution in [0.1, 0.15) is 51.5 Å². The highest BCUT2D eigenvalue weighted by atomic mass is 18.2. The van der Waals surface area contributed by atoms with Crippen molar-refractivity contribution in [2.24, 2.45) is 17.8 Å². The molecule has 3 rings (SSSR count). The molecule has 0 aromatic heterocycles.